The maximum absolute atomic E-state index is 12.2. The molecule has 1 aromatic carbocycles. The summed E-state index contributed by atoms with van der Waals surface area (Å²) in [5, 5.41) is 0.348. The van der Waals surface area contributed by atoms with Crippen LogP contribution in [0.1, 0.15) is 37.6 Å². The van der Waals surface area contributed by atoms with E-state index in [0.29, 0.717) is 40.9 Å². The minimum atomic E-state index is -0.561. The molecule has 0 bridgehead atoms. The quantitative estimate of drug-likeness (QED) is 0.852. The lowest BCUT2D eigenvalue weighted by molar-refractivity contribution is 0.0593. The summed E-state index contributed by atoms with van der Waals surface area (Å²) in [7, 11) is 1.51. The molecule has 0 N–H and O–H groups in total. The van der Waals surface area contributed by atoms with E-state index in [2.05, 4.69) is 0 Å². The molecule has 1 aromatic rings. The van der Waals surface area contributed by atoms with Crippen LogP contribution in [0.4, 0.5) is 0 Å². The SMILES string of the molecule is CCOc1c(OC)c(Cl)cc2c1OC(C)(C)CC2=O. The standard InChI is InChI=1S/C14H17ClO4/c1-5-18-13-11-8(6-9(15)12(13)17-4)10(16)7-14(2,3)19-11/h6H,5,7H2,1-4H3. The van der Waals surface area contributed by atoms with Crippen molar-refractivity contribution in [3.63, 3.8) is 0 Å². The van der Waals surface area contributed by atoms with Gasteiger partial charge in [0.2, 0.25) is 5.75 Å². The molecular formula is C14H17ClO4. The number of carbonyl (C=O) groups excluding carboxylic acids is 1. The first-order valence-electron chi connectivity index (χ1n) is 6.15. The number of hydrogen-bond acceptors (Lipinski definition) is 4. The smallest absolute Gasteiger partial charge is 0.205 e. The number of Topliss-reactive ketones (excluding diaryl/α,β-unsaturated/α-hetero) is 1. The van der Waals surface area contributed by atoms with Gasteiger partial charge in [-0.15, -0.1) is 0 Å². The Balaban J connectivity index is 2.66. The molecule has 0 saturated heterocycles. The van der Waals surface area contributed by atoms with Crippen LogP contribution in [0.2, 0.25) is 5.02 Å². The van der Waals surface area contributed by atoms with Crippen LogP contribution in [0, 0.1) is 0 Å². The lowest BCUT2D eigenvalue weighted by atomic mass is 9.92. The number of ether oxygens (including phenoxy) is 3. The van der Waals surface area contributed by atoms with Gasteiger partial charge < -0.3 is 14.2 Å². The molecule has 4 nitrogen and oxygen atoms in total. The van der Waals surface area contributed by atoms with Crippen LogP contribution in [0.5, 0.6) is 17.2 Å². The Hall–Kier alpha value is -1.42. The first-order chi connectivity index (χ1) is 8.89. The lowest BCUT2D eigenvalue weighted by Crippen LogP contribution is -2.36. The number of rotatable bonds is 3. The third kappa shape index (κ3) is 2.50. The van der Waals surface area contributed by atoms with Crippen LogP contribution in [0.15, 0.2) is 6.07 Å². The number of methoxy groups -OCH3 is 1. The molecular weight excluding hydrogens is 268 g/mol. The number of halogens is 1. The van der Waals surface area contributed by atoms with Gasteiger partial charge in [-0.05, 0) is 26.8 Å². The molecule has 1 heterocycles. The van der Waals surface area contributed by atoms with Crippen LogP contribution in [-0.2, 0) is 0 Å². The Morgan fingerprint density at radius 1 is 1.42 bits per heavy atom. The number of carbonyl (C=O) groups is 1. The lowest BCUT2D eigenvalue weighted by Gasteiger charge is -2.33. The summed E-state index contributed by atoms with van der Waals surface area (Å²) in [4.78, 5) is 12.2. The van der Waals surface area contributed by atoms with Crippen molar-refractivity contribution in [1.82, 2.24) is 0 Å². The predicted molar refractivity (Wildman–Crippen MR) is 72.8 cm³/mol. The second-order valence-corrected chi connectivity index (χ2v) is 5.40. The average molecular weight is 285 g/mol. The Bertz CT molecular complexity index is 523. The van der Waals surface area contributed by atoms with Gasteiger partial charge in [0.15, 0.2) is 17.3 Å². The van der Waals surface area contributed by atoms with E-state index in [0.717, 1.165) is 0 Å². The molecule has 1 aliphatic heterocycles. The highest BCUT2D eigenvalue weighted by atomic mass is 35.5. The molecule has 0 amide bonds. The fourth-order valence-corrected chi connectivity index (χ4v) is 2.43. The van der Waals surface area contributed by atoms with Crippen molar-refractivity contribution >= 4 is 17.4 Å². The second kappa shape index (κ2) is 4.93. The Morgan fingerprint density at radius 3 is 2.68 bits per heavy atom. The number of hydrogen-bond donors (Lipinski definition) is 0. The molecule has 5 heteroatoms. The minimum absolute atomic E-state index is 0.00300. The normalized spacial score (nSPS) is 16.6. The Morgan fingerprint density at radius 2 is 2.11 bits per heavy atom. The number of benzene rings is 1. The van der Waals surface area contributed by atoms with E-state index in [4.69, 9.17) is 25.8 Å². The summed E-state index contributed by atoms with van der Waals surface area (Å²) < 4.78 is 16.7. The van der Waals surface area contributed by atoms with Gasteiger partial charge in [0.05, 0.1) is 30.7 Å². The number of ketones is 1. The fraction of sp³-hybridized carbons (Fsp3) is 0.500. The molecule has 0 aliphatic carbocycles. The zero-order valence-electron chi connectivity index (χ0n) is 11.5. The summed E-state index contributed by atoms with van der Waals surface area (Å²) >= 11 is 6.13. The van der Waals surface area contributed by atoms with E-state index in [-0.39, 0.29) is 5.78 Å². The molecule has 0 radical (unpaired) electrons. The zero-order chi connectivity index (χ0) is 14.2. The van der Waals surface area contributed by atoms with Gasteiger partial charge in [-0.25, -0.2) is 0 Å². The minimum Gasteiger partial charge on any atom is -0.491 e. The third-order valence-electron chi connectivity index (χ3n) is 2.90. The van der Waals surface area contributed by atoms with Crippen molar-refractivity contribution in [3.8, 4) is 17.2 Å². The molecule has 0 atom stereocenters. The molecule has 1 aliphatic rings. The maximum Gasteiger partial charge on any atom is 0.205 e. The van der Waals surface area contributed by atoms with Crippen LogP contribution < -0.4 is 14.2 Å². The van der Waals surface area contributed by atoms with E-state index in [1.54, 1.807) is 6.07 Å². The maximum atomic E-state index is 12.2. The highest BCUT2D eigenvalue weighted by Crippen LogP contribution is 2.49. The van der Waals surface area contributed by atoms with Crippen LogP contribution in [0.25, 0.3) is 0 Å². The first kappa shape index (κ1) is 14.0. The highest BCUT2D eigenvalue weighted by molar-refractivity contribution is 6.33. The molecule has 0 fully saturated rings. The monoisotopic (exact) mass is 284 g/mol. The van der Waals surface area contributed by atoms with Gasteiger partial charge in [0, 0.05) is 0 Å². The molecule has 104 valence electrons. The summed E-state index contributed by atoms with van der Waals surface area (Å²) in [6.45, 7) is 6.01. The van der Waals surface area contributed by atoms with E-state index >= 15 is 0 Å². The molecule has 19 heavy (non-hydrogen) atoms. The summed E-state index contributed by atoms with van der Waals surface area (Å²) in [6, 6.07) is 1.58. The highest BCUT2D eigenvalue weighted by Gasteiger charge is 2.36. The van der Waals surface area contributed by atoms with Crippen molar-refractivity contribution in [2.45, 2.75) is 32.8 Å². The molecule has 2 rings (SSSR count). The van der Waals surface area contributed by atoms with Gasteiger partial charge >= 0.3 is 0 Å². The predicted octanol–water partition coefficient (Wildman–Crippen LogP) is 3.49. The summed E-state index contributed by atoms with van der Waals surface area (Å²) in [5.74, 6) is 1.21. The van der Waals surface area contributed by atoms with Gasteiger partial charge in [0.25, 0.3) is 0 Å². The van der Waals surface area contributed by atoms with Gasteiger partial charge in [0.1, 0.15) is 5.60 Å². The van der Waals surface area contributed by atoms with E-state index in [9.17, 15) is 4.79 Å². The van der Waals surface area contributed by atoms with Gasteiger partial charge in [-0.3, -0.25) is 4.79 Å². The number of fused-ring (bicyclic) bond motifs is 1. The molecule has 0 saturated carbocycles. The Labute approximate surface area is 117 Å². The van der Waals surface area contributed by atoms with E-state index < -0.39 is 5.60 Å². The zero-order valence-corrected chi connectivity index (χ0v) is 12.3. The molecule has 0 aromatic heterocycles. The van der Waals surface area contributed by atoms with Crippen molar-refractivity contribution in [2.24, 2.45) is 0 Å². The third-order valence-corrected chi connectivity index (χ3v) is 3.18. The van der Waals surface area contributed by atoms with Crippen molar-refractivity contribution in [1.29, 1.82) is 0 Å². The summed E-state index contributed by atoms with van der Waals surface area (Å²) in [5.41, 5.74) is -0.108. The van der Waals surface area contributed by atoms with Crippen molar-refractivity contribution < 1.29 is 19.0 Å². The van der Waals surface area contributed by atoms with E-state index in [1.165, 1.54) is 7.11 Å². The fourth-order valence-electron chi connectivity index (χ4n) is 2.16. The van der Waals surface area contributed by atoms with Gasteiger partial charge in [-0.1, -0.05) is 11.6 Å². The average Bonchev–Trinajstić information content (AvgIpc) is 2.30. The first-order valence-corrected chi connectivity index (χ1v) is 6.53. The topological polar surface area (TPSA) is 44.8 Å². The van der Waals surface area contributed by atoms with Crippen LogP contribution >= 0.6 is 11.6 Å². The van der Waals surface area contributed by atoms with Crippen LogP contribution in [0.3, 0.4) is 0 Å². The van der Waals surface area contributed by atoms with Gasteiger partial charge in [-0.2, -0.15) is 0 Å². The molecule has 0 unspecified atom stereocenters. The summed E-state index contributed by atoms with van der Waals surface area (Å²) in [6.07, 6.45) is 0.314. The van der Waals surface area contributed by atoms with Crippen LogP contribution in [-0.4, -0.2) is 25.1 Å². The second-order valence-electron chi connectivity index (χ2n) is 4.99. The van der Waals surface area contributed by atoms with E-state index in [1.807, 2.05) is 20.8 Å². The van der Waals surface area contributed by atoms with Crippen molar-refractivity contribution in [2.75, 3.05) is 13.7 Å². The van der Waals surface area contributed by atoms with Crippen molar-refractivity contribution in [3.05, 3.63) is 16.7 Å². The Kier molecular flexibility index (Phi) is 3.63. The largest absolute Gasteiger partial charge is 0.491 e. The molecule has 0 spiro atoms.